The number of methoxy groups -OCH3 is 1. The highest BCUT2D eigenvalue weighted by molar-refractivity contribution is 5.32. The minimum atomic E-state index is 0.787. The molecule has 0 aliphatic heterocycles. The number of para-hydroxylation sites is 1. The number of nitrogens with one attached hydrogen (secondary N) is 1. The first-order chi connectivity index (χ1) is 9.79. The summed E-state index contributed by atoms with van der Waals surface area (Å²) in [6.45, 7) is 3.21. The van der Waals surface area contributed by atoms with Gasteiger partial charge in [-0.1, -0.05) is 31.0 Å². The summed E-state index contributed by atoms with van der Waals surface area (Å²) < 4.78 is 5.40. The SMILES string of the molecule is COc1ccccc1CN(C)CCCNC1CCCC1. The van der Waals surface area contributed by atoms with Crippen LogP contribution in [0.5, 0.6) is 5.75 Å². The molecule has 0 unspecified atom stereocenters. The monoisotopic (exact) mass is 276 g/mol. The molecule has 0 aromatic heterocycles. The Morgan fingerprint density at radius 2 is 2.00 bits per heavy atom. The van der Waals surface area contributed by atoms with E-state index in [0.717, 1.165) is 31.4 Å². The van der Waals surface area contributed by atoms with Gasteiger partial charge in [0.2, 0.25) is 0 Å². The molecule has 20 heavy (non-hydrogen) atoms. The van der Waals surface area contributed by atoms with Crippen LogP contribution < -0.4 is 10.1 Å². The van der Waals surface area contributed by atoms with E-state index in [2.05, 4.69) is 29.4 Å². The molecule has 1 aromatic carbocycles. The molecule has 1 fully saturated rings. The van der Waals surface area contributed by atoms with Gasteiger partial charge in [0.25, 0.3) is 0 Å². The summed E-state index contributed by atoms with van der Waals surface area (Å²) in [6, 6.07) is 9.06. The number of rotatable bonds is 8. The quantitative estimate of drug-likeness (QED) is 0.739. The Hall–Kier alpha value is -1.06. The van der Waals surface area contributed by atoms with Crippen molar-refractivity contribution >= 4 is 0 Å². The van der Waals surface area contributed by atoms with Gasteiger partial charge in [0.15, 0.2) is 0 Å². The zero-order valence-corrected chi connectivity index (χ0v) is 12.9. The van der Waals surface area contributed by atoms with Crippen LogP contribution in [-0.2, 0) is 6.54 Å². The second kappa shape index (κ2) is 8.28. The van der Waals surface area contributed by atoms with Gasteiger partial charge in [0, 0.05) is 18.2 Å². The Morgan fingerprint density at radius 1 is 1.25 bits per heavy atom. The third-order valence-electron chi connectivity index (χ3n) is 4.14. The van der Waals surface area contributed by atoms with Crippen molar-refractivity contribution in [3.8, 4) is 5.75 Å². The Labute approximate surface area is 123 Å². The summed E-state index contributed by atoms with van der Waals surface area (Å²) in [7, 11) is 3.92. The van der Waals surface area contributed by atoms with Crippen molar-refractivity contribution in [2.75, 3.05) is 27.2 Å². The highest BCUT2D eigenvalue weighted by Gasteiger charge is 2.13. The molecule has 2 rings (SSSR count). The molecule has 0 spiro atoms. The van der Waals surface area contributed by atoms with Gasteiger partial charge in [-0.25, -0.2) is 0 Å². The summed E-state index contributed by atoms with van der Waals surface area (Å²) in [4.78, 5) is 2.37. The summed E-state index contributed by atoms with van der Waals surface area (Å²) >= 11 is 0. The van der Waals surface area contributed by atoms with Crippen LogP contribution in [0.4, 0.5) is 0 Å². The second-order valence-corrected chi connectivity index (χ2v) is 5.84. The van der Waals surface area contributed by atoms with E-state index in [4.69, 9.17) is 4.74 Å². The third kappa shape index (κ3) is 4.80. The van der Waals surface area contributed by atoms with E-state index < -0.39 is 0 Å². The van der Waals surface area contributed by atoms with Crippen molar-refractivity contribution in [2.24, 2.45) is 0 Å². The van der Waals surface area contributed by atoms with Crippen molar-refractivity contribution in [3.63, 3.8) is 0 Å². The molecular weight excluding hydrogens is 248 g/mol. The normalized spacial score (nSPS) is 15.9. The fourth-order valence-corrected chi connectivity index (χ4v) is 2.99. The lowest BCUT2D eigenvalue weighted by molar-refractivity contribution is 0.308. The second-order valence-electron chi connectivity index (χ2n) is 5.84. The zero-order valence-electron chi connectivity index (χ0n) is 12.9. The van der Waals surface area contributed by atoms with Crippen LogP contribution in [-0.4, -0.2) is 38.2 Å². The van der Waals surface area contributed by atoms with E-state index in [0.29, 0.717) is 0 Å². The maximum atomic E-state index is 5.40. The van der Waals surface area contributed by atoms with Crippen molar-refractivity contribution in [3.05, 3.63) is 29.8 Å². The Balaban J connectivity index is 1.65. The highest BCUT2D eigenvalue weighted by Crippen LogP contribution is 2.19. The molecule has 1 saturated carbocycles. The van der Waals surface area contributed by atoms with E-state index in [1.54, 1.807) is 7.11 Å². The number of benzene rings is 1. The predicted molar refractivity (Wildman–Crippen MR) is 84.2 cm³/mol. The van der Waals surface area contributed by atoms with Gasteiger partial charge in [-0.15, -0.1) is 0 Å². The van der Waals surface area contributed by atoms with Crippen LogP contribution in [0.25, 0.3) is 0 Å². The van der Waals surface area contributed by atoms with Gasteiger partial charge in [0.1, 0.15) is 5.75 Å². The van der Waals surface area contributed by atoms with E-state index in [1.807, 2.05) is 12.1 Å². The van der Waals surface area contributed by atoms with Crippen molar-refractivity contribution in [1.29, 1.82) is 0 Å². The highest BCUT2D eigenvalue weighted by atomic mass is 16.5. The van der Waals surface area contributed by atoms with Crippen molar-refractivity contribution in [1.82, 2.24) is 10.2 Å². The molecule has 0 atom stereocenters. The lowest BCUT2D eigenvalue weighted by atomic mass is 10.2. The first-order valence-corrected chi connectivity index (χ1v) is 7.83. The minimum Gasteiger partial charge on any atom is -0.496 e. The summed E-state index contributed by atoms with van der Waals surface area (Å²) in [5.74, 6) is 0.989. The zero-order chi connectivity index (χ0) is 14.2. The molecule has 0 bridgehead atoms. The van der Waals surface area contributed by atoms with Crippen LogP contribution >= 0.6 is 0 Å². The van der Waals surface area contributed by atoms with E-state index >= 15 is 0 Å². The number of hydrogen-bond donors (Lipinski definition) is 1. The first kappa shape index (κ1) is 15.3. The van der Waals surface area contributed by atoms with Gasteiger partial charge in [0.05, 0.1) is 7.11 Å². The van der Waals surface area contributed by atoms with Gasteiger partial charge in [-0.3, -0.25) is 0 Å². The van der Waals surface area contributed by atoms with Gasteiger partial charge in [-0.2, -0.15) is 0 Å². The lowest BCUT2D eigenvalue weighted by Crippen LogP contribution is -2.29. The standard InChI is InChI=1S/C17H28N2O/c1-19(13-7-12-18-16-9-4-5-10-16)14-15-8-3-6-11-17(15)20-2/h3,6,8,11,16,18H,4-5,7,9-10,12-14H2,1-2H3. The van der Waals surface area contributed by atoms with Gasteiger partial charge < -0.3 is 15.0 Å². The molecule has 3 heteroatoms. The fraction of sp³-hybridized carbons (Fsp3) is 0.647. The number of nitrogens with zero attached hydrogens (tertiary/aromatic N) is 1. The molecule has 3 nitrogen and oxygen atoms in total. The smallest absolute Gasteiger partial charge is 0.123 e. The van der Waals surface area contributed by atoms with Gasteiger partial charge >= 0.3 is 0 Å². The third-order valence-corrected chi connectivity index (χ3v) is 4.14. The molecule has 112 valence electrons. The maximum Gasteiger partial charge on any atom is 0.123 e. The molecule has 0 heterocycles. The molecule has 1 aliphatic carbocycles. The van der Waals surface area contributed by atoms with Crippen LogP contribution in [0.15, 0.2) is 24.3 Å². The Kier molecular flexibility index (Phi) is 6.34. The average Bonchev–Trinajstić information content (AvgIpc) is 2.97. The molecule has 0 amide bonds. The topological polar surface area (TPSA) is 24.5 Å². The van der Waals surface area contributed by atoms with E-state index in [9.17, 15) is 0 Å². The first-order valence-electron chi connectivity index (χ1n) is 7.83. The summed E-state index contributed by atoms with van der Waals surface area (Å²) in [5.41, 5.74) is 1.27. The fourth-order valence-electron chi connectivity index (χ4n) is 2.99. The molecule has 0 saturated heterocycles. The van der Waals surface area contributed by atoms with Crippen LogP contribution in [0.3, 0.4) is 0 Å². The Morgan fingerprint density at radius 3 is 2.75 bits per heavy atom. The molecule has 1 N–H and O–H groups in total. The van der Waals surface area contributed by atoms with E-state index in [1.165, 1.54) is 37.7 Å². The molecule has 0 radical (unpaired) electrons. The Bertz CT molecular complexity index is 388. The van der Waals surface area contributed by atoms with Crippen LogP contribution in [0, 0.1) is 0 Å². The maximum absolute atomic E-state index is 5.40. The van der Waals surface area contributed by atoms with Crippen LogP contribution in [0.1, 0.15) is 37.7 Å². The van der Waals surface area contributed by atoms with Crippen molar-refractivity contribution < 1.29 is 4.74 Å². The number of ether oxygens (including phenoxy) is 1. The number of hydrogen-bond acceptors (Lipinski definition) is 3. The predicted octanol–water partition coefficient (Wildman–Crippen LogP) is 3.05. The minimum absolute atomic E-state index is 0.787. The lowest BCUT2D eigenvalue weighted by Gasteiger charge is -2.19. The molecular formula is C17H28N2O. The van der Waals surface area contributed by atoms with Crippen molar-refractivity contribution in [2.45, 2.75) is 44.7 Å². The largest absolute Gasteiger partial charge is 0.496 e. The molecule has 1 aromatic rings. The van der Waals surface area contributed by atoms with Gasteiger partial charge in [-0.05, 0) is 45.5 Å². The summed E-state index contributed by atoms with van der Waals surface area (Å²) in [5, 5.41) is 3.67. The summed E-state index contributed by atoms with van der Waals surface area (Å²) in [6.07, 6.45) is 6.77. The van der Waals surface area contributed by atoms with Crippen LogP contribution in [0.2, 0.25) is 0 Å². The molecule has 1 aliphatic rings. The average molecular weight is 276 g/mol. The van der Waals surface area contributed by atoms with E-state index in [-0.39, 0.29) is 0 Å².